The predicted molar refractivity (Wildman–Crippen MR) is 65.9 cm³/mol. The van der Waals surface area contributed by atoms with E-state index in [4.69, 9.17) is 0 Å². The number of benzene rings is 1. The van der Waals surface area contributed by atoms with E-state index in [1.54, 1.807) is 11.0 Å². The molecule has 0 unspecified atom stereocenters. The molecular formula is C13H12F3N3. The van der Waals surface area contributed by atoms with Crippen LogP contribution in [0.25, 0.3) is 10.9 Å². The molecule has 1 aliphatic rings. The molecule has 6 heteroatoms. The summed E-state index contributed by atoms with van der Waals surface area (Å²) in [7, 11) is 0. The molecule has 0 spiro atoms. The first kappa shape index (κ1) is 12.2. The SMILES string of the molecule is Fc1ccc2ncnc(N3CCC(F)(F)CC3)c2c1. The molecule has 0 aliphatic carbocycles. The molecule has 2 heterocycles. The summed E-state index contributed by atoms with van der Waals surface area (Å²) in [5.41, 5.74) is 0.615. The van der Waals surface area contributed by atoms with Crippen molar-refractivity contribution >= 4 is 16.7 Å². The molecule has 1 aromatic heterocycles. The maximum atomic E-state index is 13.3. The van der Waals surface area contributed by atoms with Crippen LogP contribution in [-0.2, 0) is 0 Å². The average Bonchev–Trinajstić information content (AvgIpc) is 2.38. The monoisotopic (exact) mass is 267 g/mol. The molecule has 0 N–H and O–H groups in total. The van der Waals surface area contributed by atoms with Crippen LogP contribution in [0.3, 0.4) is 0 Å². The predicted octanol–water partition coefficient (Wildman–Crippen LogP) is 3.00. The molecule has 100 valence electrons. The van der Waals surface area contributed by atoms with Crippen LogP contribution in [0, 0.1) is 5.82 Å². The van der Waals surface area contributed by atoms with Crippen molar-refractivity contribution in [2.75, 3.05) is 18.0 Å². The Bertz CT molecular complexity index is 605. The number of alkyl halides is 2. The molecule has 3 rings (SSSR count). The first-order chi connectivity index (χ1) is 9.05. The van der Waals surface area contributed by atoms with Crippen LogP contribution >= 0.6 is 0 Å². The van der Waals surface area contributed by atoms with Crippen LogP contribution in [0.2, 0.25) is 0 Å². The number of hydrogen-bond donors (Lipinski definition) is 0. The zero-order chi connectivity index (χ0) is 13.5. The van der Waals surface area contributed by atoms with Crippen molar-refractivity contribution in [2.45, 2.75) is 18.8 Å². The molecular weight excluding hydrogens is 255 g/mol. The highest BCUT2D eigenvalue weighted by molar-refractivity contribution is 5.89. The molecule has 3 nitrogen and oxygen atoms in total. The van der Waals surface area contributed by atoms with Gasteiger partial charge in [0.2, 0.25) is 0 Å². The highest BCUT2D eigenvalue weighted by atomic mass is 19.3. The molecule has 0 saturated carbocycles. The summed E-state index contributed by atoms with van der Waals surface area (Å²) in [5, 5.41) is 0.563. The smallest absolute Gasteiger partial charge is 0.251 e. The van der Waals surface area contributed by atoms with E-state index in [-0.39, 0.29) is 31.7 Å². The summed E-state index contributed by atoms with van der Waals surface area (Å²) in [6.07, 6.45) is 0.976. The zero-order valence-electron chi connectivity index (χ0n) is 10.1. The van der Waals surface area contributed by atoms with Gasteiger partial charge in [-0.3, -0.25) is 0 Å². The van der Waals surface area contributed by atoms with Gasteiger partial charge in [0, 0.05) is 31.3 Å². The lowest BCUT2D eigenvalue weighted by molar-refractivity contribution is -0.0221. The molecule has 0 radical (unpaired) electrons. The van der Waals surface area contributed by atoms with E-state index in [0.29, 0.717) is 16.7 Å². The van der Waals surface area contributed by atoms with Gasteiger partial charge in [-0.25, -0.2) is 23.1 Å². The molecule has 1 aromatic carbocycles. The Balaban J connectivity index is 1.99. The minimum absolute atomic E-state index is 0.201. The molecule has 1 aliphatic heterocycles. The van der Waals surface area contributed by atoms with Gasteiger partial charge in [0.1, 0.15) is 18.0 Å². The first-order valence-electron chi connectivity index (χ1n) is 6.08. The fraction of sp³-hybridized carbons (Fsp3) is 0.385. The number of halogens is 3. The Labute approximate surface area is 108 Å². The Morgan fingerprint density at radius 2 is 1.84 bits per heavy atom. The third-order valence-electron chi connectivity index (χ3n) is 3.37. The van der Waals surface area contributed by atoms with Crippen molar-refractivity contribution in [1.29, 1.82) is 0 Å². The largest absolute Gasteiger partial charge is 0.356 e. The van der Waals surface area contributed by atoms with Crippen LogP contribution in [0.4, 0.5) is 19.0 Å². The summed E-state index contributed by atoms with van der Waals surface area (Å²) in [6, 6.07) is 4.23. The number of hydrogen-bond acceptors (Lipinski definition) is 3. The Hall–Kier alpha value is -1.85. The van der Waals surface area contributed by atoms with Gasteiger partial charge >= 0.3 is 0 Å². The van der Waals surface area contributed by atoms with Gasteiger partial charge in [-0.05, 0) is 18.2 Å². The van der Waals surface area contributed by atoms with Gasteiger partial charge in [0.05, 0.1) is 5.52 Å². The maximum absolute atomic E-state index is 13.3. The molecule has 0 atom stereocenters. The van der Waals surface area contributed by atoms with Crippen molar-refractivity contribution < 1.29 is 13.2 Å². The summed E-state index contributed by atoms with van der Waals surface area (Å²) in [6.45, 7) is 0.436. The Morgan fingerprint density at radius 1 is 1.11 bits per heavy atom. The third-order valence-corrected chi connectivity index (χ3v) is 3.37. The van der Waals surface area contributed by atoms with Gasteiger partial charge in [-0.1, -0.05) is 0 Å². The summed E-state index contributed by atoms with van der Waals surface area (Å²) >= 11 is 0. The molecule has 0 amide bonds. The summed E-state index contributed by atoms with van der Waals surface area (Å²) in [5.74, 6) is -2.46. The van der Waals surface area contributed by atoms with Crippen LogP contribution in [0.5, 0.6) is 0 Å². The molecule has 2 aromatic rings. The number of aromatic nitrogens is 2. The van der Waals surface area contributed by atoms with Crippen LogP contribution in [-0.4, -0.2) is 29.0 Å². The lowest BCUT2D eigenvalue weighted by atomic mass is 10.1. The molecule has 19 heavy (non-hydrogen) atoms. The number of nitrogens with zero attached hydrogens (tertiary/aromatic N) is 3. The number of anilines is 1. The highest BCUT2D eigenvalue weighted by Crippen LogP contribution is 2.32. The summed E-state index contributed by atoms with van der Waals surface area (Å²) in [4.78, 5) is 9.94. The van der Waals surface area contributed by atoms with E-state index < -0.39 is 5.92 Å². The Morgan fingerprint density at radius 3 is 2.58 bits per heavy atom. The quantitative estimate of drug-likeness (QED) is 0.795. The fourth-order valence-electron chi connectivity index (χ4n) is 2.31. The minimum Gasteiger partial charge on any atom is -0.356 e. The molecule has 1 fully saturated rings. The lowest BCUT2D eigenvalue weighted by Crippen LogP contribution is -2.39. The van der Waals surface area contributed by atoms with Crippen molar-refractivity contribution in [3.63, 3.8) is 0 Å². The topological polar surface area (TPSA) is 29.0 Å². The summed E-state index contributed by atoms with van der Waals surface area (Å²) < 4.78 is 39.6. The zero-order valence-corrected chi connectivity index (χ0v) is 10.1. The maximum Gasteiger partial charge on any atom is 0.251 e. The lowest BCUT2D eigenvalue weighted by Gasteiger charge is -2.32. The van der Waals surface area contributed by atoms with Crippen molar-refractivity contribution in [2.24, 2.45) is 0 Å². The van der Waals surface area contributed by atoms with Gasteiger partial charge in [0.25, 0.3) is 5.92 Å². The van der Waals surface area contributed by atoms with Crippen LogP contribution < -0.4 is 4.90 Å². The van der Waals surface area contributed by atoms with E-state index in [9.17, 15) is 13.2 Å². The fourth-order valence-corrected chi connectivity index (χ4v) is 2.31. The van der Waals surface area contributed by atoms with Gasteiger partial charge in [-0.2, -0.15) is 0 Å². The number of fused-ring (bicyclic) bond motifs is 1. The van der Waals surface area contributed by atoms with Crippen molar-refractivity contribution in [3.8, 4) is 0 Å². The second-order valence-electron chi connectivity index (χ2n) is 4.70. The minimum atomic E-state index is -2.61. The first-order valence-corrected chi connectivity index (χ1v) is 6.08. The standard InChI is InChI=1S/C13H12F3N3/c14-9-1-2-11-10(7-9)12(18-8-17-11)19-5-3-13(15,16)4-6-19/h1-2,7-8H,3-6H2. The molecule has 0 bridgehead atoms. The second-order valence-corrected chi connectivity index (χ2v) is 4.70. The number of piperidine rings is 1. The van der Waals surface area contributed by atoms with E-state index in [1.807, 2.05) is 0 Å². The average molecular weight is 267 g/mol. The van der Waals surface area contributed by atoms with E-state index in [0.717, 1.165) is 0 Å². The van der Waals surface area contributed by atoms with Crippen LogP contribution in [0.15, 0.2) is 24.5 Å². The van der Waals surface area contributed by atoms with E-state index in [1.165, 1.54) is 18.5 Å². The van der Waals surface area contributed by atoms with Gasteiger partial charge < -0.3 is 4.90 Å². The molecule has 1 saturated heterocycles. The van der Waals surface area contributed by atoms with Gasteiger partial charge in [-0.15, -0.1) is 0 Å². The number of rotatable bonds is 1. The van der Waals surface area contributed by atoms with Crippen molar-refractivity contribution in [3.05, 3.63) is 30.3 Å². The normalized spacial score (nSPS) is 18.8. The van der Waals surface area contributed by atoms with Crippen molar-refractivity contribution in [1.82, 2.24) is 9.97 Å². The second kappa shape index (κ2) is 4.36. The van der Waals surface area contributed by atoms with E-state index in [2.05, 4.69) is 9.97 Å². The van der Waals surface area contributed by atoms with Crippen LogP contribution in [0.1, 0.15) is 12.8 Å². The highest BCUT2D eigenvalue weighted by Gasteiger charge is 2.34. The Kier molecular flexibility index (Phi) is 2.80. The van der Waals surface area contributed by atoms with E-state index >= 15 is 0 Å². The van der Waals surface area contributed by atoms with Gasteiger partial charge in [0.15, 0.2) is 0 Å². The third kappa shape index (κ3) is 2.34.